The van der Waals surface area contributed by atoms with E-state index in [1.807, 2.05) is 6.92 Å². The number of hydrogen-bond donors (Lipinski definition) is 1. The molecule has 0 fully saturated rings. The fourth-order valence-electron chi connectivity index (χ4n) is 3.58. The molecule has 0 radical (unpaired) electrons. The molecule has 1 rings (SSSR count). The molecule has 0 aliphatic rings. The van der Waals surface area contributed by atoms with Crippen molar-refractivity contribution in [2.75, 3.05) is 19.6 Å². The largest absolute Gasteiger partial charge is 0.361 e. The number of nitrogens with zero attached hydrogens (tertiary/aromatic N) is 2. The summed E-state index contributed by atoms with van der Waals surface area (Å²) in [4.78, 5) is 15.1. The summed E-state index contributed by atoms with van der Waals surface area (Å²) in [5.74, 6) is 0.604. The topological polar surface area (TPSA) is 58.4 Å². The summed E-state index contributed by atoms with van der Waals surface area (Å²) in [6.45, 7) is 16.3. The number of carbonyl (C=O) groups excluding carboxylic acids is 1. The van der Waals surface area contributed by atoms with E-state index in [0.717, 1.165) is 57.5 Å². The van der Waals surface area contributed by atoms with Crippen molar-refractivity contribution in [2.45, 2.75) is 79.7 Å². The van der Waals surface area contributed by atoms with Crippen LogP contribution in [0.3, 0.4) is 0 Å². The van der Waals surface area contributed by atoms with Crippen molar-refractivity contribution in [2.24, 2.45) is 5.41 Å². The fraction of sp³-hybridized carbons (Fsp3) is 0.800. The second-order valence-electron chi connectivity index (χ2n) is 7.07. The van der Waals surface area contributed by atoms with Crippen LogP contribution in [0.2, 0.25) is 0 Å². The summed E-state index contributed by atoms with van der Waals surface area (Å²) in [5.41, 5.74) is 0.445. The Morgan fingerprint density at radius 1 is 1.20 bits per heavy atom. The average molecular weight is 352 g/mol. The second-order valence-corrected chi connectivity index (χ2v) is 7.07. The highest BCUT2D eigenvalue weighted by Crippen LogP contribution is 2.32. The zero-order valence-electron chi connectivity index (χ0n) is 17.0. The lowest BCUT2D eigenvalue weighted by Gasteiger charge is -2.42. The highest BCUT2D eigenvalue weighted by molar-refractivity contribution is 5.92. The van der Waals surface area contributed by atoms with Gasteiger partial charge < -0.3 is 14.7 Å². The number of rotatable bonds is 12. The maximum absolute atomic E-state index is 12.6. The van der Waals surface area contributed by atoms with Crippen molar-refractivity contribution < 1.29 is 9.32 Å². The Balaban J connectivity index is 2.85. The molecule has 144 valence electrons. The third-order valence-corrected chi connectivity index (χ3v) is 5.43. The molecule has 0 saturated carbocycles. The molecule has 0 aliphatic carbocycles. The monoisotopic (exact) mass is 351 g/mol. The van der Waals surface area contributed by atoms with Crippen LogP contribution in [0.1, 0.15) is 83.5 Å². The first kappa shape index (κ1) is 21.7. The Bertz CT molecular complexity index is 503. The number of aryl methyl sites for hydroxylation is 1. The summed E-state index contributed by atoms with van der Waals surface area (Å²) < 4.78 is 5.16. The lowest BCUT2D eigenvalue weighted by atomic mass is 9.75. The van der Waals surface area contributed by atoms with Gasteiger partial charge in [-0.05, 0) is 45.7 Å². The van der Waals surface area contributed by atoms with E-state index in [2.05, 4.69) is 50.0 Å². The van der Waals surface area contributed by atoms with Gasteiger partial charge in [-0.25, -0.2) is 0 Å². The van der Waals surface area contributed by atoms with Gasteiger partial charge in [0.05, 0.1) is 0 Å². The van der Waals surface area contributed by atoms with Gasteiger partial charge in [0, 0.05) is 30.5 Å². The molecule has 1 unspecified atom stereocenters. The predicted octanol–water partition coefficient (Wildman–Crippen LogP) is 4.28. The Kier molecular flexibility index (Phi) is 9.19. The molecule has 0 spiro atoms. The van der Waals surface area contributed by atoms with Gasteiger partial charge in [-0.1, -0.05) is 39.8 Å². The molecular formula is C20H37N3O2. The smallest absolute Gasteiger partial charge is 0.273 e. The first-order chi connectivity index (χ1) is 12.0. The van der Waals surface area contributed by atoms with E-state index in [0.29, 0.717) is 5.69 Å². The molecule has 0 saturated heterocycles. The SMILES string of the molecule is CCCN(CCC)CC(CC)(CC)C(C)NC(=O)c1cc(CC)on1. The van der Waals surface area contributed by atoms with Gasteiger partial charge in [-0.2, -0.15) is 0 Å². The quantitative estimate of drug-likeness (QED) is 0.610. The minimum atomic E-state index is -0.139. The number of aromatic nitrogens is 1. The van der Waals surface area contributed by atoms with E-state index in [4.69, 9.17) is 4.52 Å². The van der Waals surface area contributed by atoms with Crippen LogP contribution in [0.5, 0.6) is 0 Å². The second kappa shape index (κ2) is 10.6. The lowest BCUT2D eigenvalue weighted by Crippen LogP contribution is -2.51. The van der Waals surface area contributed by atoms with E-state index in [1.54, 1.807) is 6.07 Å². The summed E-state index contributed by atoms with van der Waals surface area (Å²) in [7, 11) is 0. The van der Waals surface area contributed by atoms with Crippen molar-refractivity contribution in [3.63, 3.8) is 0 Å². The predicted molar refractivity (Wildman–Crippen MR) is 103 cm³/mol. The van der Waals surface area contributed by atoms with Gasteiger partial charge in [0.25, 0.3) is 5.91 Å². The maximum Gasteiger partial charge on any atom is 0.273 e. The molecule has 0 bridgehead atoms. The van der Waals surface area contributed by atoms with Crippen molar-refractivity contribution >= 4 is 5.91 Å². The number of amides is 1. The Hall–Kier alpha value is -1.36. The number of hydrogen-bond acceptors (Lipinski definition) is 4. The highest BCUT2D eigenvalue weighted by atomic mass is 16.5. The van der Waals surface area contributed by atoms with Crippen molar-refractivity contribution in [3.8, 4) is 0 Å². The molecule has 1 atom stereocenters. The van der Waals surface area contributed by atoms with Crippen LogP contribution in [-0.4, -0.2) is 41.6 Å². The van der Waals surface area contributed by atoms with E-state index in [-0.39, 0.29) is 17.4 Å². The molecule has 5 heteroatoms. The third-order valence-electron chi connectivity index (χ3n) is 5.43. The Morgan fingerprint density at radius 2 is 1.80 bits per heavy atom. The zero-order valence-corrected chi connectivity index (χ0v) is 17.0. The van der Waals surface area contributed by atoms with E-state index < -0.39 is 0 Å². The van der Waals surface area contributed by atoms with E-state index in [1.165, 1.54) is 0 Å². The van der Waals surface area contributed by atoms with Crippen LogP contribution in [0, 0.1) is 5.41 Å². The van der Waals surface area contributed by atoms with Crippen molar-refractivity contribution in [1.82, 2.24) is 15.4 Å². The van der Waals surface area contributed by atoms with Gasteiger partial charge >= 0.3 is 0 Å². The Morgan fingerprint density at radius 3 is 2.24 bits per heavy atom. The minimum Gasteiger partial charge on any atom is -0.361 e. The van der Waals surface area contributed by atoms with E-state index >= 15 is 0 Å². The zero-order chi connectivity index (χ0) is 18.9. The van der Waals surface area contributed by atoms with Gasteiger partial charge in [-0.15, -0.1) is 0 Å². The molecule has 1 amide bonds. The molecule has 1 aromatic heterocycles. The van der Waals surface area contributed by atoms with Crippen LogP contribution in [0.15, 0.2) is 10.6 Å². The molecular weight excluding hydrogens is 314 g/mol. The maximum atomic E-state index is 12.6. The molecule has 5 nitrogen and oxygen atoms in total. The van der Waals surface area contributed by atoms with Crippen molar-refractivity contribution in [3.05, 3.63) is 17.5 Å². The van der Waals surface area contributed by atoms with Crippen LogP contribution in [0.4, 0.5) is 0 Å². The van der Waals surface area contributed by atoms with Crippen molar-refractivity contribution in [1.29, 1.82) is 0 Å². The molecule has 1 aromatic rings. The van der Waals surface area contributed by atoms with Crippen LogP contribution >= 0.6 is 0 Å². The number of carbonyl (C=O) groups is 1. The van der Waals surface area contributed by atoms with Crippen LogP contribution in [0.25, 0.3) is 0 Å². The molecule has 1 N–H and O–H groups in total. The minimum absolute atomic E-state index is 0.0668. The fourth-order valence-corrected chi connectivity index (χ4v) is 3.58. The lowest BCUT2D eigenvalue weighted by molar-refractivity contribution is 0.0758. The normalized spacial score (nSPS) is 13.2. The molecule has 0 aliphatic heterocycles. The molecule has 25 heavy (non-hydrogen) atoms. The summed E-state index contributed by atoms with van der Waals surface area (Å²) >= 11 is 0. The summed E-state index contributed by atoms with van der Waals surface area (Å²) in [6.07, 6.45) is 5.13. The van der Waals surface area contributed by atoms with Gasteiger partial charge in [0.2, 0.25) is 0 Å². The van der Waals surface area contributed by atoms with E-state index in [9.17, 15) is 4.79 Å². The molecule has 1 heterocycles. The first-order valence-corrected chi connectivity index (χ1v) is 9.94. The average Bonchev–Trinajstić information content (AvgIpc) is 3.09. The van der Waals surface area contributed by atoms with Gasteiger partial charge in [0.1, 0.15) is 5.76 Å². The highest BCUT2D eigenvalue weighted by Gasteiger charge is 2.35. The standard InChI is InChI=1S/C20H37N3O2/c1-7-12-23(13-8-2)15-20(10-4,11-5)16(6)21-19(24)18-14-17(9-3)25-22-18/h14,16H,7-13,15H2,1-6H3,(H,21,24). The summed E-state index contributed by atoms with van der Waals surface area (Å²) in [6, 6.07) is 1.82. The van der Waals surface area contributed by atoms with Crippen LogP contribution in [-0.2, 0) is 6.42 Å². The van der Waals surface area contributed by atoms with Gasteiger partial charge in [-0.3, -0.25) is 4.79 Å². The summed E-state index contributed by atoms with van der Waals surface area (Å²) in [5, 5.41) is 7.07. The molecule has 0 aromatic carbocycles. The third kappa shape index (κ3) is 5.84. The van der Waals surface area contributed by atoms with Crippen LogP contribution < -0.4 is 5.32 Å². The first-order valence-electron chi connectivity index (χ1n) is 9.94. The van der Waals surface area contributed by atoms with Gasteiger partial charge in [0.15, 0.2) is 5.69 Å². The number of nitrogens with one attached hydrogen (secondary N) is 1. The Labute approximate surface area is 153 Å².